The van der Waals surface area contributed by atoms with Crippen LogP contribution in [0.1, 0.15) is 103 Å². The minimum atomic E-state index is -0.852. The number of carbonyl (C=O) groups is 2. The van der Waals surface area contributed by atoms with Gasteiger partial charge in [0.25, 0.3) is 0 Å². The molecule has 27 heavy (non-hydrogen) atoms. The third kappa shape index (κ3) is 11.2. The Kier molecular flexibility index (Phi) is 13.8. The molecule has 2 atom stereocenters. The first-order chi connectivity index (χ1) is 13.2. The van der Waals surface area contributed by atoms with Crippen molar-refractivity contribution in [2.45, 2.75) is 103 Å². The van der Waals surface area contributed by atoms with Gasteiger partial charge in [-0.05, 0) is 39.0 Å². The first-order valence-corrected chi connectivity index (χ1v) is 11.2. The lowest BCUT2D eigenvalue weighted by Crippen LogP contribution is -2.33. The summed E-state index contributed by atoms with van der Waals surface area (Å²) in [4.78, 5) is 23.4. The molecule has 1 aliphatic rings. The van der Waals surface area contributed by atoms with Gasteiger partial charge in [0.05, 0.1) is 18.4 Å². The van der Waals surface area contributed by atoms with Crippen molar-refractivity contribution in [1.82, 2.24) is 0 Å². The SMILES string of the molecule is C/C=C/CCCCCCCCCCCCOC(=O)C1CCCCC1C(=O)O. The van der Waals surface area contributed by atoms with E-state index in [0.29, 0.717) is 19.4 Å². The first kappa shape index (κ1) is 23.7. The van der Waals surface area contributed by atoms with Crippen molar-refractivity contribution in [3.05, 3.63) is 12.2 Å². The largest absolute Gasteiger partial charge is 0.481 e. The van der Waals surface area contributed by atoms with Crippen LogP contribution >= 0.6 is 0 Å². The molecule has 1 fully saturated rings. The van der Waals surface area contributed by atoms with E-state index in [2.05, 4.69) is 19.1 Å². The van der Waals surface area contributed by atoms with E-state index >= 15 is 0 Å². The van der Waals surface area contributed by atoms with Crippen molar-refractivity contribution in [3.63, 3.8) is 0 Å². The molecule has 0 heterocycles. The number of ether oxygens (including phenoxy) is 1. The van der Waals surface area contributed by atoms with Crippen molar-refractivity contribution >= 4 is 11.9 Å². The number of allylic oxidation sites excluding steroid dienone is 2. The molecule has 0 aromatic heterocycles. The van der Waals surface area contributed by atoms with Gasteiger partial charge in [0, 0.05) is 0 Å². The third-order valence-electron chi connectivity index (χ3n) is 5.63. The van der Waals surface area contributed by atoms with Gasteiger partial charge in [-0.25, -0.2) is 0 Å². The summed E-state index contributed by atoms with van der Waals surface area (Å²) in [5.74, 6) is -2.13. The van der Waals surface area contributed by atoms with E-state index in [9.17, 15) is 14.7 Å². The number of carboxylic acids is 1. The molecule has 0 spiro atoms. The Morgan fingerprint density at radius 2 is 1.37 bits per heavy atom. The highest BCUT2D eigenvalue weighted by atomic mass is 16.5. The van der Waals surface area contributed by atoms with Crippen LogP contribution in [0.25, 0.3) is 0 Å². The molecule has 156 valence electrons. The van der Waals surface area contributed by atoms with E-state index < -0.39 is 17.8 Å². The average Bonchev–Trinajstić information content (AvgIpc) is 2.68. The van der Waals surface area contributed by atoms with Crippen molar-refractivity contribution in [2.24, 2.45) is 11.8 Å². The van der Waals surface area contributed by atoms with Crippen molar-refractivity contribution in [2.75, 3.05) is 6.61 Å². The zero-order valence-corrected chi connectivity index (χ0v) is 17.3. The van der Waals surface area contributed by atoms with E-state index in [1.165, 1.54) is 57.8 Å². The number of carbonyl (C=O) groups excluding carboxylic acids is 1. The Hall–Kier alpha value is -1.32. The molecular formula is C23H40O4. The van der Waals surface area contributed by atoms with Gasteiger partial charge in [0.2, 0.25) is 0 Å². The highest BCUT2D eigenvalue weighted by Crippen LogP contribution is 2.31. The third-order valence-corrected chi connectivity index (χ3v) is 5.63. The molecule has 1 rings (SSSR count). The Balaban J connectivity index is 1.92. The molecule has 1 saturated carbocycles. The molecule has 4 nitrogen and oxygen atoms in total. The number of aliphatic carboxylic acids is 1. The topological polar surface area (TPSA) is 63.6 Å². The van der Waals surface area contributed by atoms with Crippen LogP contribution in [0.3, 0.4) is 0 Å². The zero-order valence-electron chi connectivity index (χ0n) is 17.3. The molecule has 0 aromatic rings. The van der Waals surface area contributed by atoms with Crippen molar-refractivity contribution in [3.8, 4) is 0 Å². The van der Waals surface area contributed by atoms with Gasteiger partial charge >= 0.3 is 11.9 Å². The van der Waals surface area contributed by atoms with Gasteiger partial charge in [0.15, 0.2) is 0 Å². The quantitative estimate of drug-likeness (QED) is 0.206. The Labute approximate surface area is 165 Å². The lowest BCUT2D eigenvalue weighted by atomic mass is 9.79. The highest BCUT2D eigenvalue weighted by Gasteiger charge is 2.36. The Morgan fingerprint density at radius 3 is 1.93 bits per heavy atom. The number of unbranched alkanes of at least 4 members (excludes halogenated alkanes) is 10. The summed E-state index contributed by atoms with van der Waals surface area (Å²) in [6, 6.07) is 0. The Bertz CT molecular complexity index is 430. The summed E-state index contributed by atoms with van der Waals surface area (Å²) >= 11 is 0. The van der Waals surface area contributed by atoms with Crippen molar-refractivity contribution < 1.29 is 19.4 Å². The number of hydrogen-bond donors (Lipinski definition) is 1. The molecule has 0 saturated heterocycles. The molecule has 0 aromatic carbocycles. The predicted molar refractivity (Wildman–Crippen MR) is 110 cm³/mol. The van der Waals surface area contributed by atoms with Crippen LogP contribution in [-0.4, -0.2) is 23.7 Å². The van der Waals surface area contributed by atoms with E-state index in [0.717, 1.165) is 25.7 Å². The number of hydrogen-bond acceptors (Lipinski definition) is 3. The Morgan fingerprint density at radius 1 is 0.852 bits per heavy atom. The van der Waals surface area contributed by atoms with Gasteiger partial charge in [0.1, 0.15) is 0 Å². The fraction of sp³-hybridized carbons (Fsp3) is 0.826. The van der Waals surface area contributed by atoms with Gasteiger partial charge < -0.3 is 9.84 Å². The summed E-state index contributed by atoms with van der Waals surface area (Å²) < 4.78 is 5.35. The molecular weight excluding hydrogens is 340 g/mol. The van der Waals surface area contributed by atoms with E-state index in [1.54, 1.807) is 0 Å². The number of rotatable bonds is 15. The van der Waals surface area contributed by atoms with Gasteiger partial charge in [-0.15, -0.1) is 0 Å². The van der Waals surface area contributed by atoms with Crippen LogP contribution in [0, 0.1) is 11.8 Å². The number of esters is 1. The fourth-order valence-electron chi connectivity index (χ4n) is 3.93. The summed E-state index contributed by atoms with van der Waals surface area (Å²) in [6.45, 7) is 2.52. The predicted octanol–water partition coefficient (Wildman–Crippen LogP) is 6.29. The van der Waals surface area contributed by atoms with Gasteiger partial charge in [-0.1, -0.05) is 76.4 Å². The molecule has 2 unspecified atom stereocenters. The van der Waals surface area contributed by atoms with E-state index in [-0.39, 0.29) is 5.97 Å². The minimum Gasteiger partial charge on any atom is -0.481 e. The lowest BCUT2D eigenvalue weighted by molar-refractivity contribution is -0.159. The standard InChI is InChI=1S/C23H40O4/c1-2-3-4-5-6-7-8-9-10-11-12-13-16-19-27-23(26)21-18-15-14-17-20(21)22(24)25/h2-3,20-21H,4-19H2,1H3,(H,24,25)/b3-2+. The van der Waals surface area contributed by atoms with Crippen molar-refractivity contribution in [1.29, 1.82) is 0 Å². The summed E-state index contributed by atoms with van der Waals surface area (Å²) in [7, 11) is 0. The second-order valence-electron chi connectivity index (χ2n) is 7.90. The molecule has 0 amide bonds. The second-order valence-corrected chi connectivity index (χ2v) is 7.90. The van der Waals surface area contributed by atoms with Crippen LogP contribution in [0.5, 0.6) is 0 Å². The van der Waals surface area contributed by atoms with Gasteiger partial charge in [-0.2, -0.15) is 0 Å². The molecule has 0 aliphatic heterocycles. The molecule has 0 bridgehead atoms. The van der Waals surface area contributed by atoms with E-state index in [4.69, 9.17) is 4.74 Å². The lowest BCUT2D eigenvalue weighted by Gasteiger charge is -2.26. The van der Waals surface area contributed by atoms with Gasteiger partial charge in [-0.3, -0.25) is 9.59 Å². The van der Waals surface area contributed by atoms with Crippen LogP contribution in [0.15, 0.2) is 12.2 Å². The van der Waals surface area contributed by atoms with E-state index in [1.807, 2.05) is 0 Å². The summed E-state index contributed by atoms with van der Waals surface area (Å²) in [5.41, 5.74) is 0. The second kappa shape index (κ2) is 15.7. The summed E-state index contributed by atoms with van der Waals surface area (Å²) in [6.07, 6.45) is 21.1. The first-order valence-electron chi connectivity index (χ1n) is 11.2. The van der Waals surface area contributed by atoms with Crippen LogP contribution in [0.4, 0.5) is 0 Å². The maximum atomic E-state index is 12.1. The van der Waals surface area contributed by atoms with Crippen LogP contribution < -0.4 is 0 Å². The average molecular weight is 381 g/mol. The normalized spacial score (nSPS) is 20.0. The maximum Gasteiger partial charge on any atom is 0.309 e. The fourth-order valence-corrected chi connectivity index (χ4v) is 3.93. The smallest absolute Gasteiger partial charge is 0.309 e. The maximum absolute atomic E-state index is 12.1. The summed E-state index contributed by atoms with van der Waals surface area (Å²) in [5, 5.41) is 9.24. The molecule has 0 radical (unpaired) electrons. The van der Waals surface area contributed by atoms with Crippen LogP contribution in [-0.2, 0) is 14.3 Å². The monoisotopic (exact) mass is 380 g/mol. The molecule has 4 heteroatoms. The zero-order chi connectivity index (χ0) is 19.7. The molecule has 1 aliphatic carbocycles. The number of carboxylic acid groups (broad SMARTS) is 1. The minimum absolute atomic E-state index is 0.295. The highest BCUT2D eigenvalue weighted by molar-refractivity contribution is 5.81. The molecule has 1 N–H and O–H groups in total. The van der Waals surface area contributed by atoms with Crippen LogP contribution in [0.2, 0.25) is 0 Å².